The van der Waals surface area contributed by atoms with Crippen LogP contribution in [-0.2, 0) is 14.3 Å². The van der Waals surface area contributed by atoms with E-state index in [-0.39, 0.29) is 18.0 Å². The Morgan fingerprint density at radius 1 is 1.48 bits per heavy atom. The molecule has 0 aromatic rings. The maximum Gasteiger partial charge on any atom is 0.308 e. The van der Waals surface area contributed by atoms with Crippen LogP contribution in [0.1, 0.15) is 53.9 Å². The van der Waals surface area contributed by atoms with Crippen LogP contribution in [0.5, 0.6) is 0 Å². The fourth-order valence-corrected chi connectivity index (χ4v) is 2.97. The van der Waals surface area contributed by atoms with Gasteiger partial charge in [0.05, 0.1) is 30.8 Å². The van der Waals surface area contributed by atoms with E-state index in [0.29, 0.717) is 5.92 Å². The topological polar surface area (TPSA) is 55.8 Å². The van der Waals surface area contributed by atoms with Crippen molar-refractivity contribution in [3.05, 3.63) is 11.6 Å². The van der Waals surface area contributed by atoms with E-state index in [4.69, 9.17) is 9.47 Å². The van der Waals surface area contributed by atoms with E-state index in [1.54, 1.807) is 6.92 Å². The molecule has 1 aliphatic rings. The third kappa shape index (κ3) is 4.82. The molecular weight excluding hydrogens is 268 g/mol. The standard InChI is InChI=1S/C17H30O4/c1-11(10-13(3)16(19)20-6)9-12(2)15-7-8-17(5,21-15)14(4)18/h9,11,13-15,18H,7-8,10H2,1-6H3/b12-9+/t11-,13-,14-,15-,17+/m1/s1. The Bertz CT molecular complexity index is 388. The molecule has 1 heterocycles. The highest BCUT2D eigenvalue weighted by Crippen LogP contribution is 2.36. The molecule has 4 heteroatoms. The quantitative estimate of drug-likeness (QED) is 0.605. The van der Waals surface area contributed by atoms with Gasteiger partial charge in [-0.3, -0.25) is 4.79 Å². The van der Waals surface area contributed by atoms with Crippen LogP contribution in [-0.4, -0.2) is 36.0 Å². The maximum atomic E-state index is 11.5. The zero-order chi connectivity index (χ0) is 16.2. The molecule has 21 heavy (non-hydrogen) atoms. The zero-order valence-electron chi connectivity index (χ0n) is 14.2. The summed E-state index contributed by atoms with van der Waals surface area (Å²) in [6.45, 7) is 9.81. The molecule has 1 saturated heterocycles. The molecule has 1 rings (SSSR count). The molecule has 4 nitrogen and oxygen atoms in total. The molecule has 0 saturated carbocycles. The second kappa shape index (κ2) is 7.41. The molecule has 0 aromatic heterocycles. The molecule has 0 unspecified atom stereocenters. The van der Waals surface area contributed by atoms with Gasteiger partial charge in [-0.1, -0.05) is 19.9 Å². The molecule has 122 valence electrons. The number of ether oxygens (including phenoxy) is 2. The molecule has 0 aliphatic carbocycles. The zero-order valence-corrected chi connectivity index (χ0v) is 14.2. The van der Waals surface area contributed by atoms with Gasteiger partial charge in [-0.2, -0.15) is 0 Å². The number of hydrogen-bond acceptors (Lipinski definition) is 4. The lowest BCUT2D eigenvalue weighted by Gasteiger charge is -2.28. The second-order valence-corrected chi connectivity index (χ2v) is 6.68. The molecule has 1 fully saturated rings. The van der Waals surface area contributed by atoms with Crippen molar-refractivity contribution >= 4 is 5.97 Å². The first-order valence-electron chi connectivity index (χ1n) is 7.81. The van der Waals surface area contributed by atoms with Crippen LogP contribution in [0.25, 0.3) is 0 Å². The first-order chi connectivity index (χ1) is 9.69. The van der Waals surface area contributed by atoms with Crippen molar-refractivity contribution < 1.29 is 19.4 Å². The van der Waals surface area contributed by atoms with Crippen LogP contribution in [0.15, 0.2) is 11.6 Å². The van der Waals surface area contributed by atoms with E-state index in [1.807, 2.05) is 13.8 Å². The predicted molar refractivity (Wildman–Crippen MR) is 82.9 cm³/mol. The smallest absolute Gasteiger partial charge is 0.308 e. The Morgan fingerprint density at radius 2 is 2.10 bits per heavy atom. The average Bonchev–Trinajstić information content (AvgIpc) is 2.81. The SMILES string of the molecule is COC(=O)[C@H](C)C[C@H](C)/C=C(\C)[C@H]1CC[C@@](C)([C@@H](C)O)O1. The van der Waals surface area contributed by atoms with Crippen molar-refractivity contribution in [3.63, 3.8) is 0 Å². The van der Waals surface area contributed by atoms with Gasteiger partial charge in [-0.05, 0) is 51.5 Å². The van der Waals surface area contributed by atoms with Crippen LogP contribution >= 0.6 is 0 Å². The molecule has 0 aromatic carbocycles. The summed E-state index contributed by atoms with van der Waals surface area (Å²) in [4.78, 5) is 11.5. The first-order valence-corrected chi connectivity index (χ1v) is 7.81. The van der Waals surface area contributed by atoms with Crippen LogP contribution < -0.4 is 0 Å². The third-order valence-electron chi connectivity index (χ3n) is 4.58. The lowest BCUT2D eigenvalue weighted by atomic mass is 9.93. The van der Waals surface area contributed by atoms with E-state index in [0.717, 1.165) is 19.3 Å². The predicted octanol–water partition coefficient (Wildman–Crippen LogP) is 3.09. The minimum atomic E-state index is -0.466. The van der Waals surface area contributed by atoms with Crippen molar-refractivity contribution in [2.45, 2.75) is 71.7 Å². The highest BCUT2D eigenvalue weighted by Gasteiger charge is 2.40. The number of methoxy groups -OCH3 is 1. The Hall–Kier alpha value is -0.870. The molecule has 1 N–H and O–H groups in total. The van der Waals surface area contributed by atoms with E-state index < -0.39 is 11.7 Å². The van der Waals surface area contributed by atoms with Crippen LogP contribution in [0.3, 0.4) is 0 Å². The molecule has 0 radical (unpaired) electrons. The fourth-order valence-electron chi connectivity index (χ4n) is 2.97. The lowest BCUT2D eigenvalue weighted by molar-refractivity contribution is -0.145. The van der Waals surface area contributed by atoms with E-state index in [2.05, 4.69) is 19.9 Å². The maximum absolute atomic E-state index is 11.5. The molecule has 0 bridgehead atoms. The summed E-state index contributed by atoms with van der Waals surface area (Å²) in [7, 11) is 1.42. The summed E-state index contributed by atoms with van der Waals surface area (Å²) >= 11 is 0. The summed E-state index contributed by atoms with van der Waals surface area (Å²) in [5, 5.41) is 9.80. The minimum absolute atomic E-state index is 0.0699. The average molecular weight is 298 g/mol. The number of aliphatic hydroxyl groups is 1. The van der Waals surface area contributed by atoms with Crippen LogP contribution in [0.2, 0.25) is 0 Å². The molecular formula is C17H30O4. The molecule has 5 atom stereocenters. The normalized spacial score (nSPS) is 30.8. The van der Waals surface area contributed by atoms with Gasteiger partial charge in [0.25, 0.3) is 0 Å². The molecule has 0 amide bonds. The summed E-state index contributed by atoms with van der Waals surface area (Å²) in [6, 6.07) is 0. The van der Waals surface area contributed by atoms with Crippen molar-refractivity contribution in [3.8, 4) is 0 Å². The van der Waals surface area contributed by atoms with Crippen molar-refractivity contribution in [1.82, 2.24) is 0 Å². The number of hydrogen-bond donors (Lipinski definition) is 1. The Labute approximate surface area is 128 Å². The van der Waals surface area contributed by atoms with Gasteiger partial charge in [-0.25, -0.2) is 0 Å². The van der Waals surface area contributed by atoms with Gasteiger partial charge in [0.1, 0.15) is 0 Å². The summed E-state index contributed by atoms with van der Waals surface area (Å²) in [5.41, 5.74) is 0.742. The lowest BCUT2D eigenvalue weighted by Crippen LogP contribution is -2.37. The van der Waals surface area contributed by atoms with Crippen molar-refractivity contribution in [2.24, 2.45) is 11.8 Å². The van der Waals surface area contributed by atoms with Crippen LogP contribution in [0.4, 0.5) is 0 Å². The fraction of sp³-hybridized carbons (Fsp3) is 0.824. The first kappa shape index (κ1) is 18.2. The number of aliphatic hydroxyl groups excluding tert-OH is 1. The number of carbonyl (C=O) groups excluding carboxylic acids is 1. The van der Waals surface area contributed by atoms with Crippen molar-refractivity contribution in [2.75, 3.05) is 7.11 Å². The van der Waals surface area contributed by atoms with Crippen LogP contribution in [0, 0.1) is 11.8 Å². The van der Waals surface area contributed by atoms with E-state index >= 15 is 0 Å². The summed E-state index contributed by atoms with van der Waals surface area (Å²) in [5.74, 6) is 0.0362. The minimum Gasteiger partial charge on any atom is -0.469 e. The number of rotatable bonds is 6. The van der Waals surface area contributed by atoms with Crippen molar-refractivity contribution in [1.29, 1.82) is 0 Å². The van der Waals surface area contributed by atoms with Gasteiger partial charge in [0, 0.05) is 0 Å². The number of esters is 1. The highest BCUT2D eigenvalue weighted by atomic mass is 16.5. The van der Waals surface area contributed by atoms with E-state index in [9.17, 15) is 9.90 Å². The second-order valence-electron chi connectivity index (χ2n) is 6.68. The summed E-state index contributed by atoms with van der Waals surface area (Å²) in [6.07, 6.45) is 4.35. The summed E-state index contributed by atoms with van der Waals surface area (Å²) < 4.78 is 10.8. The van der Waals surface area contributed by atoms with E-state index in [1.165, 1.54) is 12.7 Å². The Kier molecular flexibility index (Phi) is 6.41. The third-order valence-corrected chi connectivity index (χ3v) is 4.58. The van der Waals surface area contributed by atoms with Gasteiger partial charge in [-0.15, -0.1) is 0 Å². The van der Waals surface area contributed by atoms with Gasteiger partial charge < -0.3 is 14.6 Å². The van der Waals surface area contributed by atoms with Gasteiger partial charge in [0.15, 0.2) is 0 Å². The number of allylic oxidation sites excluding steroid dienone is 1. The number of carbonyl (C=O) groups is 1. The monoisotopic (exact) mass is 298 g/mol. The highest BCUT2D eigenvalue weighted by molar-refractivity contribution is 5.71. The molecule has 0 spiro atoms. The largest absolute Gasteiger partial charge is 0.469 e. The Balaban J connectivity index is 2.59. The van der Waals surface area contributed by atoms with Gasteiger partial charge >= 0.3 is 5.97 Å². The van der Waals surface area contributed by atoms with Gasteiger partial charge in [0.2, 0.25) is 0 Å². The Morgan fingerprint density at radius 3 is 2.57 bits per heavy atom. The molecule has 1 aliphatic heterocycles.